The lowest BCUT2D eigenvalue weighted by Crippen LogP contribution is -2.06. The molecule has 2 heterocycles. The molecule has 1 aliphatic rings. The monoisotopic (exact) mass is 196 g/mol. The fourth-order valence-electron chi connectivity index (χ4n) is 0.969. The molecule has 6 nitrogen and oxygen atoms in total. The summed E-state index contributed by atoms with van der Waals surface area (Å²) in [5.74, 6) is 0.0491. The Morgan fingerprint density at radius 3 is 3.21 bits per heavy atom. The number of rotatable bonds is 4. The van der Waals surface area contributed by atoms with Crippen LogP contribution in [0.2, 0.25) is 0 Å². The van der Waals surface area contributed by atoms with Crippen molar-refractivity contribution in [1.29, 1.82) is 0 Å². The van der Waals surface area contributed by atoms with Gasteiger partial charge in [-0.25, -0.2) is 4.98 Å². The van der Waals surface area contributed by atoms with Gasteiger partial charge >= 0.3 is 5.69 Å². The van der Waals surface area contributed by atoms with Crippen molar-refractivity contribution < 1.29 is 14.4 Å². The molecule has 1 atom stereocenters. The summed E-state index contributed by atoms with van der Waals surface area (Å²) in [4.78, 5) is 13.8. The second-order valence-corrected chi connectivity index (χ2v) is 2.85. The minimum Gasteiger partial charge on any atom is -0.470 e. The Hall–Kier alpha value is -1.69. The number of hydrogen-bond donors (Lipinski definition) is 0. The molecule has 0 aromatic carbocycles. The first-order chi connectivity index (χ1) is 6.77. The molecule has 0 aliphatic carbocycles. The van der Waals surface area contributed by atoms with Crippen molar-refractivity contribution in [2.45, 2.75) is 6.10 Å². The molecule has 1 aromatic rings. The van der Waals surface area contributed by atoms with E-state index in [0.29, 0.717) is 13.2 Å². The molecule has 0 bridgehead atoms. The van der Waals surface area contributed by atoms with Crippen LogP contribution in [-0.4, -0.2) is 29.2 Å². The smallest absolute Gasteiger partial charge is 0.330 e. The second kappa shape index (κ2) is 3.59. The maximum atomic E-state index is 10.5. The average Bonchev–Trinajstić information content (AvgIpc) is 2.98. The molecule has 1 aromatic heterocycles. The maximum Gasteiger partial charge on any atom is 0.330 e. The van der Waals surface area contributed by atoms with Crippen LogP contribution in [0.3, 0.4) is 0 Å². The number of nitro groups is 1. The van der Waals surface area contributed by atoms with Gasteiger partial charge in [-0.15, -0.1) is 0 Å². The Labute approximate surface area is 79.6 Å². The molecule has 74 valence electrons. The third kappa shape index (κ3) is 1.97. The zero-order valence-corrected chi connectivity index (χ0v) is 7.25. The molecule has 6 heteroatoms. The van der Waals surface area contributed by atoms with Crippen molar-refractivity contribution in [2.75, 3.05) is 13.2 Å². The van der Waals surface area contributed by atoms with Gasteiger partial charge in [0.2, 0.25) is 0 Å². The third-order valence-electron chi connectivity index (χ3n) is 1.76. The van der Waals surface area contributed by atoms with Gasteiger partial charge in [0.25, 0.3) is 5.88 Å². The van der Waals surface area contributed by atoms with Crippen LogP contribution in [0.25, 0.3) is 0 Å². The first-order valence-electron chi connectivity index (χ1n) is 4.11. The van der Waals surface area contributed by atoms with Gasteiger partial charge in [-0.2, -0.15) is 0 Å². The quantitative estimate of drug-likeness (QED) is 0.403. The molecule has 0 amide bonds. The van der Waals surface area contributed by atoms with Gasteiger partial charge < -0.3 is 9.47 Å². The van der Waals surface area contributed by atoms with E-state index in [1.165, 1.54) is 18.3 Å². The summed E-state index contributed by atoms with van der Waals surface area (Å²) < 4.78 is 10.1. The molecule has 2 rings (SSSR count). The highest BCUT2D eigenvalue weighted by molar-refractivity contribution is 5.39. The summed E-state index contributed by atoms with van der Waals surface area (Å²) in [7, 11) is 0. The first kappa shape index (κ1) is 8.89. The van der Waals surface area contributed by atoms with Crippen LogP contribution in [0.4, 0.5) is 5.69 Å². The Bertz CT molecular complexity index is 351. The van der Waals surface area contributed by atoms with Crippen LogP contribution in [0.5, 0.6) is 5.88 Å². The lowest BCUT2D eigenvalue weighted by Gasteiger charge is -2.02. The van der Waals surface area contributed by atoms with E-state index in [4.69, 9.17) is 9.47 Å². The minimum absolute atomic E-state index is 0.0491. The van der Waals surface area contributed by atoms with Crippen LogP contribution in [0.15, 0.2) is 18.3 Å². The molecule has 0 spiro atoms. The summed E-state index contributed by atoms with van der Waals surface area (Å²) in [6.45, 7) is 0.971. The molecule has 0 saturated carbocycles. The lowest BCUT2D eigenvalue weighted by atomic mass is 10.4. The summed E-state index contributed by atoms with van der Waals surface area (Å²) in [5.41, 5.74) is -0.117. The van der Waals surface area contributed by atoms with Crippen LogP contribution >= 0.6 is 0 Å². The summed E-state index contributed by atoms with van der Waals surface area (Å²) in [6, 6.07) is 2.86. The SMILES string of the molecule is O=[N+]([O-])c1cccnc1OC[C@H]1CO1. The highest BCUT2D eigenvalue weighted by Gasteiger charge is 2.25. The van der Waals surface area contributed by atoms with Crippen molar-refractivity contribution in [3.05, 3.63) is 28.4 Å². The van der Waals surface area contributed by atoms with Gasteiger partial charge in [0, 0.05) is 12.3 Å². The summed E-state index contributed by atoms with van der Waals surface area (Å²) >= 11 is 0. The standard InChI is InChI=1S/C8H8N2O4/c11-10(12)7-2-1-3-9-8(7)14-5-6-4-13-6/h1-3,6H,4-5H2/t6-/m1/s1. The highest BCUT2D eigenvalue weighted by Crippen LogP contribution is 2.23. The predicted molar refractivity (Wildman–Crippen MR) is 46.1 cm³/mol. The van der Waals surface area contributed by atoms with E-state index < -0.39 is 4.92 Å². The number of epoxide rings is 1. The van der Waals surface area contributed by atoms with Gasteiger partial charge in [-0.1, -0.05) is 0 Å². The van der Waals surface area contributed by atoms with E-state index in [0.717, 1.165) is 0 Å². The fourth-order valence-corrected chi connectivity index (χ4v) is 0.969. The van der Waals surface area contributed by atoms with Crippen LogP contribution in [-0.2, 0) is 4.74 Å². The average molecular weight is 196 g/mol. The lowest BCUT2D eigenvalue weighted by molar-refractivity contribution is -0.386. The van der Waals surface area contributed by atoms with E-state index in [1.54, 1.807) is 0 Å². The largest absolute Gasteiger partial charge is 0.470 e. The third-order valence-corrected chi connectivity index (χ3v) is 1.76. The van der Waals surface area contributed by atoms with E-state index in [-0.39, 0.29) is 17.7 Å². The van der Waals surface area contributed by atoms with E-state index >= 15 is 0 Å². The highest BCUT2D eigenvalue weighted by atomic mass is 16.6. The van der Waals surface area contributed by atoms with Crippen molar-refractivity contribution in [3.63, 3.8) is 0 Å². The van der Waals surface area contributed by atoms with Crippen molar-refractivity contribution >= 4 is 5.69 Å². The number of hydrogen-bond acceptors (Lipinski definition) is 5. The Balaban J connectivity index is 2.09. The second-order valence-electron chi connectivity index (χ2n) is 2.85. The molecule has 0 N–H and O–H groups in total. The van der Waals surface area contributed by atoms with Crippen molar-refractivity contribution in [2.24, 2.45) is 0 Å². The van der Waals surface area contributed by atoms with Crippen molar-refractivity contribution in [1.82, 2.24) is 4.98 Å². The molecule has 1 fully saturated rings. The van der Waals surface area contributed by atoms with Gasteiger partial charge in [-0.05, 0) is 6.07 Å². The minimum atomic E-state index is -0.518. The van der Waals surface area contributed by atoms with E-state index in [9.17, 15) is 10.1 Å². The molecular weight excluding hydrogens is 188 g/mol. The molecular formula is C8H8N2O4. The van der Waals surface area contributed by atoms with E-state index in [2.05, 4.69) is 4.98 Å². The van der Waals surface area contributed by atoms with Gasteiger partial charge in [0.15, 0.2) is 0 Å². The fraction of sp³-hybridized carbons (Fsp3) is 0.375. The van der Waals surface area contributed by atoms with E-state index in [1.807, 2.05) is 0 Å². The zero-order chi connectivity index (χ0) is 9.97. The van der Waals surface area contributed by atoms with Crippen LogP contribution < -0.4 is 4.74 Å². The van der Waals surface area contributed by atoms with Gasteiger partial charge in [-0.3, -0.25) is 10.1 Å². The Kier molecular flexibility index (Phi) is 2.28. The van der Waals surface area contributed by atoms with Gasteiger partial charge in [0.05, 0.1) is 11.5 Å². The first-order valence-corrected chi connectivity index (χ1v) is 4.11. The maximum absolute atomic E-state index is 10.5. The molecule has 1 saturated heterocycles. The summed E-state index contributed by atoms with van der Waals surface area (Å²) in [5, 5.41) is 10.5. The van der Waals surface area contributed by atoms with Crippen molar-refractivity contribution in [3.8, 4) is 5.88 Å². The Morgan fingerprint density at radius 1 is 1.79 bits per heavy atom. The normalized spacial score (nSPS) is 19.0. The number of nitrogens with zero attached hydrogens (tertiary/aromatic N) is 2. The van der Waals surface area contributed by atoms with Gasteiger partial charge in [0.1, 0.15) is 12.7 Å². The molecule has 0 unspecified atom stereocenters. The predicted octanol–water partition coefficient (Wildman–Crippen LogP) is 0.767. The van der Waals surface area contributed by atoms with Crippen LogP contribution in [0.1, 0.15) is 0 Å². The molecule has 14 heavy (non-hydrogen) atoms. The Morgan fingerprint density at radius 2 is 2.57 bits per heavy atom. The topological polar surface area (TPSA) is 77.8 Å². The molecule has 0 radical (unpaired) electrons. The summed E-state index contributed by atoms with van der Waals surface area (Å²) in [6.07, 6.45) is 1.52. The van der Waals surface area contributed by atoms with Crippen LogP contribution in [0, 0.1) is 10.1 Å². The zero-order valence-electron chi connectivity index (χ0n) is 7.25. The molecule has 1 aliphatic heterocycles. The number of ether oxygens (including phenoxy) is 2. The number of aromatic nitrogens is 1. The number of pyridine rings is 1.